The quantitative estimate of drug-likeness (QED) is 0.399. The van der Waals surface area contributed by atoms with E-state index in [9.17, 15) is 4.79 Å². The molecule has 0 saturated carbocycles. The second kappa shape index (κ2) is 4.40. The number of carbonyl (C=O) groups excluding carboxylic acids is 1. The lowest BCUT2D eigenvalue weighted by Crippen LogP contribution is -2.30. The lowest BCUT2D eigenvalue weighted by molar-refractivity contribution is 0.0954. The minimum Gasteiger partial charge on any atom is -0.383 e. The highest BCUT2D eigenvalue weighted by molar-refractivity contribution is 6.32. The Morgan fingerprint density at radius 2 is 2.29 bits per heavy atom. The molecule has 0 aliphatic rings. The second-order valence-electron chi connectivity index (χ2n) is 3.14. The molecular weight excluding hydrogens is 244 g/mol. The Morgan fingerprint density at radius 3 is 2.94 bits per heavy atom. The molecule has 0 atom stereocenters. The van der Waals surface area contributed by atoms with E-state index in [1.807, 2.05) is 5.43 Å². The maximum atomic E-state index is 11.3. The van der Waals surface area contributed by atoms with E-state index in [-0.39, 0.29) is 11.4 Å². The number of hydrazine groups is 1. The Morgan fingerprint density at radius 1 is 1.53 bits per heavy atom. The highest BCUT2D eigenvalue weighted by atomic mass is 35.5. The Bertz CT molecular complexity index is 566. The van der Waals surface area contributed by atoms with E-state index in [0.717, 1.165) is 0 Å². The molecule has 1 amide bonds. The Labute approximate surface area is 101 Å². The molecular formula is C9H9ClN6O. The van der Waals surface area contributed by atoms with Gasteiger partial charge in [0.05, 0.1) is 11.2 Å². The van der Waals surface area contributed by atoms with Crippen LogP contribution in [0.1, 0.15) is 10.4 Å². The fraction of sp³-hybridized carbons (Fsp3) is 0. The van der Waals surface area contributed by atoms with E-state index in [4.69, 9.17) is 23.2 Å². The number of hydrogen-bond donors (Lipinski definition) is 3. The van der Waals surface area contributed by atoms with Gasteiger partial charge in [-0.3, -0.25) is 10.2 Å². The van der Waals surface area contributed by atoms with E-state index < -0.39 is 5.91 Å². The molecule has 0 aliphatic carbocycles. The number of nitrogens with two attached hydrogens (primary N) is 2. The van der Waals surface area contributed by atoms with E-state index in [1.165, 1.54) is 10.9 Å². The number of halogens is 1. The van der Waals surface area contributed by atoms with Crippen molar-refractivity contribution in [3.63, 3.8) is 0 Å². The number of aromatic nitrogens is 3. The first-order valence-corrected chi connectivity index (χ1v) is 4.98. The minimum atomic E-state index is -0.527. The molecule has 0 radical (unpaired) electrons. The number of nitrogens with one attached hydrogen (secondary N) is 1. The van der Waals surface area contributed by atoms with Crippen molar-refractivity contribution in [3.8, 4) is 5.82 Å². The van der Waals surface area contributed by atoms with Gasteiger partial charge in [-0.2, -0.15) is 9.78 Å². The molecule has 2 aromatic heterocycles. The third-order valence-electron chi connectivity index (χ3n) is 2.12. The van der Waals surface area contributed by atoms with Crippen molar-refractivity contribution >= 4 is 23.3 Å². The monoisotopic (exact) mass is 252 g/mol. The molecule has 0 aliphatic heterocycles. The molecule has 2 rings (SSSR count). The average Bonchev–Trinajstić information content (AvgIpc) is 2.71. The van der Waals surface area contributed by atoms with Crippen LogP contribution >= 0.6 is 11.6 Å². The fourth-order valence-corrected chi connectivity index (χ4v) is 1.51. The maximum absolute atomic E-state index is 11.3. The van der Waals surface area contributed by atoms with Crippen molar-refractivity contribution in [2.45, 2.75) is 0 Å². The Balaban J connectivity index is 2.52. The first-order chi connectivity index (χ1) is 8.15. The predicted molar refractivity (Wildman–Crippen MR) is 62.4 cm³/mol. The third-order valence-corrected chi connectivity index (χ3v) is 2.42. The van der Waals surface area contributed by atoms with Gasteiger partial charge in [-0.1, -0.05) is 11.6 Å². The first kappa shape index (κ1) is 11.4. The van der Waals surface area contributed by atoms with Gasteiger partial charge in [-0.05, 0) is 12.1 Å². The van der Waals surface area contributed by atoms with Crippen LogP contribution in [0.2, 0.25) is 5.02 Å². The molecule has 0 aromatic carbocycles. The van der Waals surface area contributed by atoms with Gasteiger partial charge in [-0.25, -0.2) is 10.8 Å². The number of carbonyl (C=O) groups is 1. The molecule has 2 aromatic rings. The Hall–Kier alpha value is -2.12. The zero-order valence-electron chi connectivity index (χ0n) is 8.59. The number of nitrogens with zero attached hydrogens (tertiary/aromatic N) is 3. The summed E-state index contributed by atoms with van der Waals surface area (Å²) in [6.07, 6.45) is 2.84. The summed E-state index contributed by atoms with van der Waals surface area (Å²) < 4.78 is 1.27. The molecule has 0 bridgehead atoms. The lowest BCUT2D eigenvalue weighted by atomic mass is 10.3. The summed E-state index contributed by atoms with van der Waals surface area (Å²) in [6, 6.07) is 3.33. The van der Waals surface area contributed by atoms with Gasteiger partial charge in [0.15, 0.2) is 5.82 Å². The van der Waals surface area contributed by atoms with Crippen LogP contribution in [0.25, 0.3) is 5.82 Å². The molecule has 2 heterocycles. The molecule has 7 nitrogen and oxygen atoms in total. The molecule has 88 valence electrons. The number of pyridine rings is 1. The number of amides is 1. The summed E-state index contributed by atoms with van der Waals surface area (Å²) in [6.45, 7) is 0. The lowest BCUT2D eigenvalue weighted by Gasteiger charge is -2.05. The van der Waals surface area contributed by atoms with Gasteiger partial charge in [0, 0.05) is 6.20 Å². The molecule has 8 heteroatoms. The van der Waals surface area contributed by atoms with E-state index >= 15 is 0 Å². The predicted octanol–water partition coefficient (Wildman–Crippen LogP) is 0.106. The van der Waals surface area contributed by atoms with Crippen molar-refractivity contribution < 1.29 is 4.79 Å². The summed E-state index contributed by atoms with van der Waals surface area (Å²) in [5, 5.41) is 4.32. The van der Waals surface area contributed by atoms with Crippen LogP contribution in [-0.4, -0.2) is 20.7 Å². The van der Waals surface area contributed by atoms with Gasteiger partial charge in [0.25, 0.3) is 5.91 Å². The SMILES string of the molecule is NNC(=O)c1cnn(-c2ncccc2Cl)c1N. The van der Waals surface area contributed by atoms with Crippen LogP contribution in [0, 0.1) is 0 Å². The van der Waals surface area contributed by atoms with Crippen molar-refractivity contribution in [3.05, 3.63) is 35.1 Å². The van der Waals surface area contributed by atoms with Gasteiger partial charge in [-0.15, -0.1) is 0 Å². The largest absolute Gasteiger partial charge is 0.383 e. The standard InChI is InChI=1S/C9H9ClN6O/c10-6-2-1-3-13-8(6)16-7(11)5(4-14-16)9(17)15-12/h1-4H,11-12H2,(H,15,17). The van der Waals surface area contributed by atoms with Crippen molar-refractivity contribution in [2.75, 3.05) is 5.73 Å². The van der Waals surface area contributed by atoms with Gasteiger partial charge in [0.2, 0.25) is 0 Å². The summed E-state index contributed by atoms with van der Waals surface area (Å²) in [5.74, 6) is 4.96. The van der Waals surface area contributed by atoms with Gasteiger partial charge in [0.1, 0.15) is 11.4 Å². The smallest absolute Gasteiger partial charge is 0.270 e. The Kier molecular flexibility index (Phi) is 2.94. The number of nitrogen functional groups attached to an aromatic ring is 2. The molecule has 0 fully saturated rings. The van der Waals surface area contributed by atoms with Gasteiger partial charge >= 0.3 is 0 Å². The highest BCUT2D eigenvalue weighted by Gasteiger charge is 2.16. The van der Waals surface area contributed by atoms with Crippen molar-refractivity contribution in [1.29, 1.82) is 0 Å². The van der Waals surface area contributed by atoms with Crippen molar-refractivity contribution in [2.24, 2.45) is 5.84 Å². The molecule has 17 heavy (non-hydrogen) atoms. The zero-order chi connectivity index (χ0) is 12.4. The second-order valence-corrected chi connectivity index (χ2v) is 3.54. The summed E-state index contributed by atoms with van der Waals surface area (Å²) >= 11 is 5.95. The third kappa shape index (κ3) is 1.93. The molecule has 0 spiro atoms. The fourth-order valence-electron chi connectivity index (χ4n) is 1.31. The van der Waals surface area contributed by atoms with Crippen LogP contribution in [0.5, 0.6) is 0 Å². The number of anilines is 1. The topological polar surface area (TPSA) is 112 Å². The summed E-state index contributed by atoms with van der Waals surface area (Å²) in [5.41, 5.74) is 7.90. The number of rotatable bonds is 2. The maximum Gasteiger partial charge on any atom is 0.270 e. The highest BCUT2D eigenvalue weighted by Crippen LogP contribution is 2.21. The zero-order valence-corrected chi connectivity index (χ0v) is 9.35. The van der Waals surface area contributed by atoms with Crippen LogP contribution in [0.3, 0.4) is 0 Å². The van der Waals surface area contributed by atoms with Crippen LogP contribution < -0.4 is 17.0 Å². The normalized spacial score (nSPS) is 10.2. The van der Waals surface area contributed by atoms with Gasteiger partial charge < -0.3 is 5.73 Å². The molecule has 5 N–H and O–H groups in total. The minimum absolute atomic E-state index is 0.119. The number of hydrogen-bond acceptors (Lipinski definition) is 5. The van der Waals surface area contributed by atoms with E-state index in [0.29, 0.717) is 10.8 Å². The van der Waals surface area contributed by atoms with Crippen molar-refractivity contribution in [1.82, 2.24) is 20.2 Å². The van der Waals surface area contributed by atoms with Crippen LogP contribution in [0.4, 0.5) is 5.82 Å². The molecule has 0 unspecified atom stereocenters. The summed E-state index contributed by atoms with van der Waals surface area (Å²) in [4.78, 5) is 15.4. The first-order valence-electron chi connectivity index (χ1n) is 4.60. The summed E-state index contributed by atoms with van der Waals surface area (Å²) in [7, 11) is 0. The molecule has 0 saturated heterocycles. The van der Waals surface area contributed by atoms with E-state index in [1.54, 1.807) is 18.3 Å². The van der Waals surface area contributed by atoms with E-state index in [2.05, 4.69) is 10.1 Å². The van der Waals surface area contributed by atoms with Crippen LogP contribution in [-0.2, 0) is 0 Å². The van der Waals surface area contributed by atoms with Crippen LogP contribution in [0.15, 0.2) is 24.5 Å². The average molecular weight is 253 g/mol.